The predicted molar refractivity (Wildman–Crippen MR) is 81.2 cm³/mol. The van der Waals surface area contributed by atoms with E-state index in [1.54, 1.807) is 31.2 Å². The van der Waals surface area contributed by atoms with Gasteiger partial charge in [-0.1, -0.05) is 38.2 Å². The normalized spacial score (nSPS) is 13.7. The van der Waals surface area contributed by atoms with Crippen LogP contribution in [0, 0.1) is 5.92 Å². The van der Waals surface area contributed by atoms with Crippen LogP contribution in [0.1, 0.15) is 33.6 Å². The van der Waals surface area contributed by atoms with E-state index in [1.165, 1.54) is 12.2 Å². The quantitative estimate of drug-likeness (QED) is 0.502. The highest BCUT2D eigenvalue weighted by Crippen LogP contribution is 1.95. The summed E-state index contributed by atoms with van der Waals surface area (Å²) in [5.74, 6) is 0.294. The minimum atomic E-state index is -0.512. The van der Waals surface area contributed by atoms with E-state index in [0.717, 1.165) is 0 Å². The summed E-state index contributed by atoms with van der Waals surface area (Å²) < 4.78 is 0. The van der Waals surface area contributed by atoms with Gasteiger partial charge in [0.05, 0.1) is 6.10 Å². The second-order valence-electron chi connectivity index (χ2n) is 5.03. The van der Waals surface area contributed by atoms with Gasteiger partial charge in [0, 0.05) is 13.0 Å². The van der Waals surface area contributed by atoms with Gasteiger partial charge in [0.1, 0.15) is 0 Å². The third-order valence-corrected chi connectivity index (χ3v) is 2.29. The molecule has 0 rings (SSSR count). The van der Waals surface area contributed by atoms with Gasteiger partial charge in [0.2, 0.25) is 5.91 Å². The number of carbonyl (C=O) groups is 2. The predicted octanol–water partition coefficient (Wildman–Crippen LogP) is 2.16. The van der Waals surface area contributed by atoms with Crippen molar-refractivity contribution in [1.29, 1.82) is 0 Å². The molecule has 0 bridgehead atoms. The first kappa shape index (κ1) is 18.3. The molecule has 0 aliphatic rings. The van der Waals surface area contributed by atoms with E-state index < -0.39 is 6.10 Å². The first-order chi connectivity index (χ1) is 9.41. The van der Waals surface area contributed by atoms with Gasteiger partial charge in [-0.3, -0.25) is 9.59 Å². The average molecular weight is 279 g/mol. The Bertz CT molecular complexity index is 379. The molecule has 0 heterocycles. The van der Waals surface area contributed by atoms with E-state index in [2.05, 4.69) is 5.32 Å². The largest absolute Gasteiger partial charge is 0.389 e. The fourth-order valence-corrected chi connectivity index (χ4v) is 1.25. The van der Waals surface area contributed by atoms with Crippen molar-refractivity contribution in [2.24, 2.45) is 5.92 Å². The second kappa shape index (κ2) is 11.2. The molecule has 0 aromatic heterocycles. The van der Waals surface area contributed by atoms with Crippen molar-refractivity contribution in [3.8, 4) is 0 Å². The molecule has 112 valence electrons. The maximum absolute atomic E-state index is 11.4. The number of ketones is 1. The third kappa shape index (κ3) is 12.8. The summed E-state index contributed by atoms with van der Waals surface area (Å²) in [6.45, 7) is 6.35. The molecular weight excluding hydrogens is 254 g/mol. The van der Waals surface area contributed by atoms with Crippen LogP contribution in [-0.2, 0) is 9.59 Å². The van der Waals surface area contributed by atoms with Gasteiger partial charge < -0.3 is 10.4 Å². The van der Waals surface area contributed by atoms with Gasteiger partial charge in [-0.05, 0) is 31.4 Å². The van der Waals surface area contributed by atoms with Crippen molar-refractivity contribution >= 4 is 11.7 Å². The Morgan fingerprint density at radius 2 is 1.85 bits per heavy atom. The zero-order chi connectivity index (χ0) is 15.4. The summed E-state index contributed by atoms with van der Waals surface area (Å²) >= 11 is 0. The number of allylic oxidation sites excluding steroid dienone is 4. The third-order valence-electron chi connectivity index (χ3n) is 2.29. The van der Waals surface area contributed by atoms with Crippen LogP contribution in [-0.4, -0.2) is 29.4 Å². The van der Waals surface area contributed by atoms with Gasteiger partial charge >= 0.3 is 0 Å². The molecule has 0 aromatic carbocycles. The number of hydrogen-bond donors (Lipinski definition) is 2. The summed E-state index contributed by atoms with van der Waals surface area (Å²) in [6.07, 6.45) is 9.85. The monoisotopic (exact) mass is 279 g/mol. The van der Waals surface area contributed by atoms with Crippen LogP contribution in [0.4, 0.5) is 0 Å². The van der Waals surface area contributed by atoms with Crippen molar-refractivity contribution in [3.63, 3.8) is 0 Å². The molecular formula is C16H25NO3. The van der Waals surface area contributed by atoms with E-state index in [0.29, 0.717) is 25.3 Å². The molecule has 1 amide bonds. The fraction of sp³-hybridized carbons (Fsp3) is 0.500. The number of amides is 1. The molecule has 4 heteroatoms. The zero-order valence-electron chi connectivity index (χ0n) is 12.5. The molecule has 0 aliphatic carbocycles. The van der Waals surface area contributed by atoms with Crippen LogP contribution in [0.5, 0.6) is 0 Å². The highest BCUT2D eigenvalue weighted by molar-refractivity contribution is 5.90. The fourth-order valence-electron chi connectivity index (χ4n) is 1.25. The van der Waals surface area contributed by atoms with Crippen molar-refractivity contribution < 1.29 is 14.7 Å². The molecule has 0 spiro atoms. The Balaban J connectivity index is 3.83. The van der Waals surface area contributed by atoms with Crippen LogP contribution < -0.4 is 5.32 Å². The van der Waals surface area contributed by atoms with Gasteiger partial charge in [0.25, 0.3) is 0 Å². The Labute approximate surface area is 121 Å². The topological polar surface area (TPSA) is 66.4 Å². The highest BCUT2D eigenvalue weighted by atomic mass is 16.3. The Morgan fingerprint density at radius 1 is 1.15 bits per heavy atom. The smallest absolute Gasteiger partial charge is 0.243 e. The van der Waals surface area contributed by atoms with E-state index in [1.807, 2.05) is 13.8 Å². The highest BCUT2D eigenvalue weighted by Gasteiger charge is 1.97. The zero-order valence-corrected chi connectivity index (χ0v) is 12.5. The summed E-state index contributed by atoms with van der Waals surface area (Å²) in [5.41, 5.74) is 0. The van der Waals surface area contributed by atoms with Crippen LogP contribution in [0.3, 0.4) is 0 Å². The molecule has 4 nitrogen and oxygen atoms in total. The van der Waals surface area contributed by atoms with Crippen LogP contribution >= 0.6 is 0 Å². The lowest BCUT2D eigenvalue weighted by molar-refractivity contribution is -0.117. The number of carbonyl (C=O) groups excluding carboxylic acids is 2. The maximum Gasteiger partial charge on any atom is 0.243 e. The molecule has 0 aromatic rings. The van der Waals surface area contributed by atoms with Crippen LogP contribution in [0.15, 0.2) is 36.5 Å². The number of rotatable bonds is 9. The number of nitrogens with one attached hydrogen (secondary N) is 1. The van der Waals surface area contributed by atoms with Crippen molar-refractivity contribution in [2.45, 2.75) is 39.7 Å². The average Bonchev–Trinajstić information content (AvgIpc) is 2.37. The lowest BCUT2D eigenvalue weighted by Gasteiger charge is -2.03. The summed E-state index contributed by atoms with van der Waals surface area (Å²) in [5, 5.41) is 11.7. The van der Waals surface area contributed by atoms with E-state index >= 15 is 0 Å². The van der Waals surface area contributed by atoms with Gasteiger partial charge in [-0.15, -0.1) is 0 Å². The van der Waals surface area contributed by atoms with E-state index in [9.17, 15) is 9.59 Å². The van der Waals surface area contributed by atoms with Crippen molar-refractivity contribution in [3.05, 3.63) is 36.5 Å². The van der Waals surface area contributed by atoms with Crippen LogP contribution in [0.25, 0.3) is 0 Å². The van der Waals surface area contributed by atoms with Crippen molar-refractivity contribution in [2.75, 3.05) is 6.54 Å². The lowest BCUT2D eigenvalue weighted by Crippen LogP contribution is -2.25. The van der Waals surface area contributed by atoms with E-state index in [-0.39, 0.29) is 11.7 Å². The summed E-state index contributed by atoms with van der Waals surface area (Å²) in [7, 11) is 0. The number of aliphatic hydroxyl groups is 1. The molecule has 0 fully saturated rings. The SMILES string of the molecule is CC(O)/C=C/C=C/C(=O)CC/C=C/C(=O)NCC(C)C. The standard InChI is InChI=1S/C16H25NO3/c1-13(2)12-17-16(20)11-7-6-10-15(19)9-5-4-8-14(3)18/h4-5,7-9,11,13-14,18H,6,10,12H2,1-3H3,(H,17,20)/b8-4+,9-5+,11-7+. The number of hydrogen-bond acceptors (Lipinski definition) is 3. The van der Waals surface area contributed by atoms with Gasteiger partial charge in [0.15, 0.2) is 5.78 Å². The Morgan fingerprint density at radius 3 is 2.45 bits per heavy atom. The minimum absolute atomic E-state index is 0.00696. The molecule has 0 saturated carbocycles. The molecule has 0 aliphatic heterocycles. The summed E-state index contributed by atoms with van der Waals surface area (Å²) in [6, 6.07) is 0. The van der Waals surface area contributed by atoms with Crippen LogP contribution in [0.2, 0.25) is 0 Å². The molecule has 0 saturated heterocycles. The Hall–Kier alpha value is -1.68. The minimum Gasteiger partial charge on any atom is -0.389 e. The number of aliphatic hydroxyl groups excluding tert-OH is 1. The van der Waals surface area contributed by atoms with Crippen molar-refractivity contribution in [1.82, 2.24) is 5.32 Å². The second-order valence-corrected chi connectivity index (χ2v) is 5.03. The summed E-state index contributed by atoms with van der Waals surface area (Å²) in [4.78, 5) is 22.8. The Kier molecular flexibility index (Phi) is 10.2. The first-order valence-corrected chi connectivity index (χ1v) is 6.92. The molecule has 1 atom stereocenters. The van der Waals surface area contributed by atoms with Gasteiger partial charge in [-0.2, -0.15) is 0 Å². The molecule has 0 radical (unpaired) electrons. The molecule has 20 heavy (non-hydrogen) atoms. The first-order valence-electron chi connectivity index (χ1n) is 6.92. The maximum atomic E-state index is 11.4. The molecule has 2 N–H and O–H groups in total. The van der Waals surface area contributed by atoms with E-state index in [4.69, 9.17) is 5.11 Å². The molecule has 1 unspecified atom stereocenters. The lowest BCUT2D eigenvalue weighted by atomic mass is 10.2. The van der Waals surface area contributed by atoms with Gasteiger partial charge in [-0.25, -0.2) is 0 Å².